The zero-order valence-electron chi connectivity index (χ0n) is 8.64. The number of halogens is 1. The summed E-state index contributed by atoms with van der Waals surface area (Å²) in [5, 5.41) is 4.31. The third kappa shape index (κ3) is 2.43. The highest BCUT2D eigenvalue weighted by atomic mass is 79.9. The lowest BCUT2D eigenvalue weighted by atomic mass is 10.3. The lowest BCUT2D eigenvalue weighted by Crippen LogP contribution is -2.11. The van der Waals surface area contributed by atoms with E-state index in [0.29, 0.717) is 19.0 Å². The molecule has 0 aliphatic carbocycles. The molecule has 84 valence electrons. The summed E-state index contributed by atoms with van der Waals surface area (Å²) in [6.45, 7) is 0.940. The van der Waals surface area contributed by atoms with Crippen molar-refractivity contribution in [2.24, 2.45) is 5.73 Å². The summed E-state index contributed by atoms with van der Waals surface area (Å²) in [4.78, 5) is 0. The van der Waals surface area contributed by atoms with Crippen LogP contribution in [-0.4, -0.2) is 22.9 Å². The van der Waals surface area contributed by atoms with E-state index in [1.54, 1.807) is 4.68 Å². The zero-order chi connectivity index (χ0) is 11.4. The van der Waals surface area contributed by atoms with Crippen LogP contribution >= 0.6 is 15.9 Å². The number of rotatable bonds is 4. The summed E-state index contributed by atoms with van der Waals surface area (Å²) in [5.41, 5.74) is 6.36. The van der Waals surface area contributed by atoms with E-state index in [2.05, 4.69) is 21.0 Å². The normalized spacial score (nSPS) is 10.4. The minimum atomic E-state index is 0.463. The fraction of sp³-hybridized carbons (Fsp3) is 0.182. The second-order valence-corrected chi connectivity index (χ2v) is 4.05. The van der Waals surface area contributed by atoms with Gasteiger partial charge in [0, 0.05) is 12.7 Å². The molecule has 4 nitrogen and oxygen atoms in total. The third-order valence-corrected chi connectivity index (χ3v) is 2.56. The van der Waals surface area contributed by atoms with Crippen LogP contribution in [0, 0.1) is 0 Å². The molecule has 2 aromatic rings. The standard InChI is InChI=1S/C11H12BrN3O/c12-10-8-15(9-4-2-1-3-5-9)14-11(10)16-7-6-13/h1-5,8H,6-7,13H2. The van der Waals surface area contributed by atoms with E-state index in [1.165, 1.54) is 0 Å². The summed E-state index contributed by atoms with van der Waals surface area (Å²) in [7, 11) is 0. The number of benzene rings is 1. The maximum atomic E-state index is 5.38. The van der Waals surface area contributed by atoms with Gasteiger partial charge in [0.25, 0.3) is 0 Å². The van der Waals surface area contributed by atoms with Crippen LogP contribution in [0.25, 0.3) is 5.69 Å². The Morgan fingerprint density at radius 2 is 2.06 bits per heavy atom. The molecule has 1 aromatic heterocycles. The van der Waals surface area contributed by atoms with Crippen molar-refractivity contribution in [1.82, 2.24) is 9.78 Å². The molecular weight excluding hydrogens is 270 g/mol. The fourth-order valence-corrected chi connectivity index (χ4v) is 1.69. The average Bonchev–Trinajstić information content (AvgIpc) is 2.69. The summed E-state index contributed by atoms with van der Waals surface area (Å²) < 4.78 is 7.97. The molecule has 1 heterocycles. The van der Waals surface area contributed by atoms with Gasteiger partial charge in [0.2, 0.25) is 5.88 Å². The highest BCUT2D eigenvalue weighted by Crippen LogP contribution is 2.24. The molecule has 0 saturated heterocycles. The molecule has 0 aliphatic rings. The molecule has 0 spiro atoms. The van der Waals surface area contributed by atoms with Crippen molar-refractivity contribution < 1.29 is 4.74 Å². The minimum Gasteiger partial charge on any atom is -0.474 e. The van der Waals surface area contributed by atoms with E-state index in [4.69, 9.17) is 10.5 Å². The summed E-state index contributed by atoms with van der Waals surface area (Å²) >= 11 is 3.40. The Morgan fingerprint density at radius 1 is 1.31 bits per heavy atom. The number of aromatic nitrogens is 2. The van der Waals surface area contributed by atoms with Gasteiger partial charge in [0.1, 0.15) is 6.61 Å². The highest BCUT2D eigenvalue weighted by Gasteiger charge is 2.08. The Hall–Kier alpha value is -1.33. The molecule has 0 bridgehead atoms. The first-order valence-electron chi connectivity index (χ1n) is 4.94. The fourth-order valence-electron chi connectivity index (χ4n) is 1.30. The molecule has 5 heteroatoms. The van der Waals surface area contributed by atoms with Crippen molar-refractivity contribution in [3.8, 4) is 11.6 Å². The topological polar surface area (TPSA) is 53.1 Å². The van der Waals surface area contributed by atoms with Gasteiger partial charge in [-0.15, -0.1) is 5.10 Å². The van der Waals surface area contributed by atoms with E-state index < -0.39 is 0 Å². The molecule has 2 rings (SSSR count). The van der Waals surface area contributed by atoms with Crippen LogP contribution < -0.4 is 10.5 Å². The Balaban J connectivity index is 2.24. The summed E-state index contributed by atoms with van der Waals surface area (Å²) in [6.07, 6.45) is 1.86. The van der Waals surface area contributed by atoms with Gasteiger partial charge in [-0.25, -0.2) is 4.68 Å². The van der Waals surface area contributed by atoms with Gasteiger partial charge in [-0.1, -0.05) is 18.2 Å². The molecule has 16 heavy (non-hydrogen) atoms. The SMILES string of the molecule is NCCOc1nn(-c2ccccc2)cc1Br. The molecule has 2 N–H and O–H groups in total. The Labute approximate surface area is 102 Å². The number of nitrogens with zero attached hydrogens (tertiary/aromatic N) is 2. The number of para-hydroxylation sites is 1. The summed E-state index contributed by atoms with van der Waals surface area (Å²) in [6, 6.07) is 9.85. The smallest absolute Gasteiger partial charge is 0.247 e. The van der Waals surface area contributed by atoms with Gasteiger partial charge in [-0.2, -0.15) is 0 Å². The lowest BCUT2D eigenvalue weighted by molar-refractivity contribution is 0.311. The van der Waals surface area contributed by atoms with Crippen molar-refractivity contribution in [2.45, 2.75) is 0 Å². The zero-order valence-corrected chi connectivity index (χ0v) is 10.2. The Morgan fingerprint density at radius 3 is 2.75 bits per heavy atom. The predicted molar refractivity (Wildman–Crippen MR) is 65.8 cm³/mol. The van der Waals surface area contributed by atoms with E-state index in [-0.39, 0.29) is 0 Å². The number of ether oxygens (including phenoxy) is 1. The minimum absolute atomic E-state index is 0.463. The molecule has 0 unspecified atom stereocenters. The van der Waals surface area contributed by atoms with Crippen LogP contribution in [0.2, 0.25) is 0 Å². The monoisotopic (exact) mass is 281 g/mol. The first-order valence-corrected chi connectivity index (χ1v) is 5.74. The molecule has 0 atom stereocenters. The van der Waals surface area contributed by atoms with E-state index in [1.807, 2.05) is 36.5 Å². The Kier molecular flexibility index (Phi) is 3.58. The molecular formula is C11H12BrN3O. The summed E-state index contributed by atoms with van der Waals surface area (Å²) in [5.74, 6) is 0.564. The number of nitrogens with two attached hydrogens (primary N) is 1. The largest absolute Gasteiger partial charge is 0.474 e. The van der Waals surface area contributed by atoms with Crippen molar-refractivity contribution in [3.05, 3.63) is 41.0 Å². The van der Waals surface area contributed by atoms with Crippen LogP contribution in [0.3, 0.4) is 0 Å². The lowest BCUT2D eigenvalue weighted by Gasteiger charge is -2.00. The van der Waals surface area contributed by atoms with Gasteiger partial charge in [-0.05, 0) is 28.1 Å². The molecule has 0 saturated carbocycles. The van der Waals surface area contributed by atoms with Crippen LogP contribution in [0.5, 0.6) is 5.88 Å². The van der Waals surface area contributed by atoms with Crippen molar-refractivity contribution in [3.63, 3.8) is 0 Å². The van der Waals surface area contributed by atoms with Gasteiger partial charge < -0.3 is 10.5 Å². The van der Waals surface area contributed by atoms with Crippen LogP contribution in [-0.2, 0) is 0 Å². The second kappa shape index (κ2) is 5.14. The van der Waals surface area contributed by atoms with Gasteiger partial charge in [-0.3, -0.25) is 0 Å². The number of hydrogen-bond acceptors (Lipinski definition) is 3. The van der Waals surface area contributed by atoms with Crippen molar-refractivity contribution in [1.29, 1.82) is 0 Å². The maximum Gasteiger partial charge on any atom is 0.247 e. The van der Waals surface area contributed by atoms with Gasteiger partial charge in [0.05, 0.1) is 10.2 Å². The van der Waals surface area contributed by atoms with Crippen LogP contribution in [0.1, 0.15) is 0 Å². The molecule has 1 aromatic carbocycles. The maximum absolute atomic E-state index is 5.38. The third-order valence-electron chi connectivity index (χ3n) is 2.02. The molecule has 0 amide bonds. The van der Waals surface area contributed by atoms with Crippen LogP contribution in [0.15, 0.2) is 41.0 Å². The highest BCUT2D eigenvalue weighted by molar-refractivity contribution is 9.10. The first kappa shape index (κ1) is 11.2. The van der Waals surface area contributed by atoms with Gasteiger partial charge in [0.15, 0.2) is 0 Å². The van der Waals surface area contributed by atoms with Gasteiger partial charge >= 0.3 is 0 Å². The van der Waals surface area contributed by atoms with E-state index >= 15 is 0 Å². The van der Waals surface area contributed by atoms with Crippen molar-refractivity contribution >= 4 is 15.9 Å². The number of hydrogen-bond donors (Lipinski definition) is 1. The molecule has 0 radical (unpaired) electrons. The molecule has 0 aliphatic heterocycles. The predicted octanol–water partition coefficient (Wildman–Crippen LogP) is 1.97. The second-order valence-electron chi connectivity index (χ2n) is 3.20. The first-order chi connectivity index (χ1) is 7.81. The quantitative estimate of drug-likeness (QED) is 0.932. The molecule has 0 fully saturated rings. The van der Waals surface area contributed by atoms with E-state index in [9.17, 15) is 0 Å². The van der Waals surface area contributed by atoms with Crippen molar-refractivity contribution in [2.75, 3.05) is 13.2 Å². The Bertz CT molecular complexity index is 456. The average molecular weight is 282 g/mol. The van der Waals surface area contributed by atoms with E-state index in [0.717, 1.165) is 10.2 Å². The van der Waals surface area contributed by atoms with Crippen LogP contribution in [0.4, 0.5) is 0 Å².